The van der Waals surface area contributed by atoms with Crippen LogP contribution in [0.15, 0.2) is 30.5 Å². The number of nitrogens with one attached hydrogen (secondary N) is 1. The van der Waals surface area contributed by atoms with Crippen LogP contribution in [0.1, 0.15) is 12.6 Å². The van der Waals surface area contributed by atoms with Crippen LogP contribution < -0.4 is 14.8 Å². The highest BCUT2D eigenvalue weighted by Gasteiger charge is 2.06. The summed E-state index contributed by atoms with van der Waals surface area (Å²) in [5.41, 5.74) is 2.04. The average molecular weight is 291 g/mol. The molecular formula is C15H21N3O3. The number of methoxy groups -OCH3 is 1. The molecule has 0 radical (unpaired) electrons. The quantitative estimate of drug-likeness (QED) is 0.777. The largest absolute Gasteiger partial charge is 0.493 e. The highest BCUT2D eigenvalue weighted by molar-refractivity contribution is 5.54. The van der Waals surface area contributed by atoms with Crippen molar-refractivity contribution in [2.45, 2.75) is 20.0 Å². The van der Waals surface area contributed by atoms with Gasteiger partial charge >= 0.3 is 0 Å². The second-order valence-electron chi connectivity index (χ2n) is 4.43. The van der Waals surface area contributed by atoms with Crippen molar-refractivity contribution >= 4 is 5.69 Å². The fourth-order valence-corrected chi connectivity index (χ4v) is 2.04. The minimum absolute atomic E-state index is 0.0313. The van der Waals surface area contributed by atoms with Crippen molar-refractivity contribution in [1.82, 2.24) is 9.78 Å². The van der Waals surface area contributed by atoms with Gasteiger partial charge in [0.1, 0.15) is 6.61 Å². The van der Waals surface area contributed by atoms with Crippen molar-refractivity contribution in [2.24, 2.45) is 0 Å². The van der Waals surface area contributed by atoms with Crippen molar-refractivity contribution < 1.29 is 14.6 Å². The molecule has 0 aliphatic carbocycles. The maximum Gasteiger partial charge on any atom is 0.163 e. The van der Waals surface area contributed by atoms with E-state index in [9.17, 15) is 0 Å². The molecule has 1 heterocycles. The van der Waals surface area contributed by atoms with E-state index in [1.54, 1.807) is 13.3 Å². The van der Waals surface area contributed by atoms with Crippen LogP contribution in [-0.4, -0.2) is 35.2 Å². The van der Waals surface area contributed by atoms with Gasteiger partial charge in [-0.25, -0.2) is 0 Å². The van der Waals surface area contributed by atoms with E-state index in [0.29, 0.717) is 18.0 Å². The Labute approximate surface area is 124 Å². The minimum atomic E-state index is -0.0313. The number of rotatable bonds is 8. The molecule has 0 aliphatic rings. The Morgan fingerprint density at radius 1 is 1.29 bits per heavy atom. The van der Waals surface area contributed by atoms with Crippen LogP contribution in [0, 0.1) is 0 Å². The van der Waals surface area contributed by atoms with Gasteiger partial charge in [0, 0.05) is 24.5 Å². The molecule has 6 nitrogen and oxygen atoms in total. The van der Waals surface area contributed by atoms with Crippen LogP contribution in [-0.2, 0) is 13.1 Å². The molecule has 2 aromatic rings. The molecule has 0 spiro atoms. The predicted molar refractivity (Wildman–Crippen MR) is 80.8 cm³/mol. The topological polar surface area (TPSA) is 68.5 Å². The van der Waals surface area contributed by atoms with E-state index in [1.807, 2.05) is 28.9 Å². The Kier molecular flexibility index (Phi) is 5.45. The van der Waals surface area contributed by atoms with E-state index >= 15 is 0 Å². The van der Waals surface area contributed by atoms with Gasteiger partial charge in [-0.05, 0) is 25.1 Å². The number of hydrogen-bond acceptors (Lipinski definition) is 5. The molecule has 0 atom stereocenters. The number of anilines is 1. The molecule has 0 amide bonds. The number of benzene rings is 1. The van der Waals surface area contributed by atoms with Crippen molar-refractivity contribution in [3.05, 3.63) is 36.2 Å². The molecule has 1 aromatic carbocycles. The lowest BCUT2D eigenvalue weighted by atomic mass is 10.2. The number of aryl methyl sites for hydroxylation is 1. The van der Waals surface area contributed by atoms with Gasteiger partial charge in [-0.1, -0.05) is 0 Å². The van der Waals surface area contributed by atoms with E-state index in [2.05, 4.69) is 17.3 Å². The Balaban J connectivity index is 2.06. The monoisotopic (exact) mass is 291 g/mol. The summed E-state index contributed by atoms with van der Waals surface area (Å²) >= 11 is 0. The van der Waals surface area contributed by atoms with Gasteiger partial charge in [0.2, 0.25) is 0 Å². The number of aliphatic hydroxyl groups excluding tert-OH is 1. The predicted octanol–water partition coefficient (Wildman–Crippen LogP) is 1.89. The molecule has 2 rings (SSSR count). The zero-order valence-corrected chi connectivity index (χ0v) is 12.4. The molecule has 0 bridgehead atoms. The highest BCUT2D eigenvalue weighted by Crippen LogP contribution is 2.30. The molecule has 2 N–H and O–H groups in total. The number of hydrogen-bond donors (Lipinski definition) is 2. The van der Waals surface area contributed by atoms with E-state index in [-0.39, 0.29) is 13.2 Å². The fourth-order valence-electron chi connectivity index (χ4n) is 2.04. The van der Waals surface area contributed by atoms with E-state index < -0.39 is 0 Å². The molecule has 6 heteroatoms. The molecule has 0 aliphatic heterocycles. The third kappa shape index (κ3) is 3.88. The molecule has 0 fully saturated rings. The lowest BCUT2D eigenvalue weighted by Gasteiger charge is -2.13. The first-order chi connectivity index (χ1) is 10.3. The number of ether oxygens (including phenoxy) is 2. The van der Waals surface area contributed by atoms with Crippen molar-refractivity contribution in [3.8, 4) is 11.5 Å². The van der Waals surface area contributed by atoms with Gasteiger partial charge in [-0.15, -0.1) is 0 Å². The first-order valence-electron chi connectivity index (χ1n) is 6.94. The molecule has 1 aromatic heterocycles. The van der Waals surface area contributed by atoms with Crippen LogP contribution in [0.5, 0.6) is 11.5 Å². The molecule has 0 unspecified atom stereocenters. The van der Waals surface area contributed by atoms with E-state index in [1.165, 1.54) is 0 Å². The van der Waals surface area contributed by atoms with Gasteiger partial charge in [0.25, 0.3) is 0 Å². The molecule has 0 saturated heterocycles. The molecular weight excluding hydrogens is 270 g/mol. The van der Waals surface area contributed by atoms with Gasteiger partial charge in [-0.3, -0.25) is 4.68 Å². The number of aliphatic hydroxyl groups is 1. The van der Waals surface area contributed by atoms with Crippen molar-refractivity contribution in [3.63, 3.8) is 0 Å². The Bertz CT molecular complexity index is 569. The SMILES string of the molecule is CCn1nccc1CNc1ccc(OC)c(OCCO)c1. The van der Waals surface area contributed by atoms with Crippen molar-refractivity contribution in [1.29, 1.82) is 0 Å². The third-order valence-electron chi connectivity index (χ3n) is 3.09. The molecule has 21 heavy (non-hydrogen) atoms. The normalized spacial score (nSPS) is 10.4. The van der Waals surface area contributed by atoms with Crippen LogP contribution in [0.25, 0.3) is 0 Å². The fraction of sp³-hybridized carbons (Fsp3) is 0.400. The van der Waals surface area contributed by atoms with E-state index in [0.717, 1.165) is 17.9 Å². The first kappa shape index (κ1) is 15.2. The minimum Gasteiger partial charge on any atom is -0.493 e. The number of nitrogens with zero attached hydrogens (tertiary/aromatic N) is 2. The van der Waals surface area contributed by atoms with Gasteiger partial charge in [0.05, 0.1) is 26.0 Å². The maximum atomic E-state index is 8.86. The summed E-state index contributed by atoms with van der Waals surface area (Å²) in [5, 5.41) is 16.4. The lowest BCUT2D eigenvalue weighted by Crippen LogP contribution is -2.08. The van der Waals surface area contributed by atoms with Crippen LogP contribution in [0.4, 0.5) is 5.69 Å². The van der Waals surface area contributed by atoms with Gasteiger partial charge < -0.3 is 19.9 Å². The van der Waals surface area contributed by atoms with Crippen molar-refractivity contribution in [2.75, 3.05) is 25.6 Å². The summed E-state index contributed by atoms with van der Waals surface area (Å²) in [7, 11) is 1.59. The molecule has 0 saturated carbocycles. The summed E-state index contributed by atoms with van der Waals surface area (Å²) < 4.78 is 12.6. The average Bonchev–Trinajstić information content (AvgIpc) is 2.98. The summed E-state index contributed by atoms with van der Waals surface area (Å²) in [6.07, 6.45) is 1.80. The second kappa shape index (κ2) is 7.54. The van der Waals surface area contributed by atoms with Crippen LogP contribution in [0.3, 0.4) is 0 Å². The van der Waals surface area contributed by atoms with Crippen LogP contribution >= 0.6 is 0 Å². The third-order valence-corrected chi connectivity index (χ3v) is 3.09. The Morgan fingerprint density at radius 2 is 2.14 bits per heavy atom. The molecule has 114 valence electrons. The summed E-state index contributed by atoms with van der Waals surface area (Å²) in [6.45, 7) is 3.79. The highest BCUT2D eigenvalue weighted by atomic mass is 16.5. The summed E-state index contributed by atoms with van der Waals surface area (Å²) in [6, 6.07) is 7.62. The standard InChI is InChI=1S/C15H21N3O3/c1-3-18-13(6-7-17-18)11-16-12-4-5-14(20-2)15(10-12)21-9-8-19/h4-7,10,16,19H,3,8-9,11H2,1-2H3. The summed E-state index contributed by atoms with van der Waals surface area (Å²) in [4.78, 5) is 0. The van der Waals surface area contributed by atoms with Gasteiger partial charge in [0.15, 0.2) is 11.5 Å². The Hall–Kier alpha value is -2.21. The van der Waals surface area contributed by atoms with Gasteiger partial charge in [-0.2, -0.15) is 5.10 Å². The zero-order valence-electron chi connectivity index (χ0n) is 12.4. The smallest absolute Gasteiger partial charge is 0.163 e. The maximum absolute atomic E-state index is 8.86. The van der Waals surface area contributed by atoms with Crippen LogP contribution in [0.2, 0.25) is 0 Å². The summed E-state index contributed by atoms with van der Waals surface area (Å²) in [5.74, 6) is 1.26. The number of aromatic nitrogens is 2. The van der Waals surface area contributed by atoms with E-state index in [4.69, 9.17) is 14.6 Å². The Morgan fingerprint density at radius 3 is 2.86 bits per heavy atom. The zero-order chi connectivity index (χ0) is 15.1. The lowest BCUT2D eigenvalue weighted by molar-refractivity contribution is 0.196. The second-order valence-corrected chi connectivity index (χ2v) is 4.43. The first-order valence-corrected chi connectivity index (χ1v) is 6.94.